The molecule has 1 fully saturated rings. The average Bonchev–Trinajstić information content (AvgIpc) is 3.43. The van der Waals surface area contributed by atoms with E-state index in [1.54, 1.807) is 19.3 Å². The van der Waals surface area contributed by atoms with Crippen molar-refractivity contribution in [2.45, 2.75) is 32.0 Å². The molecule has 0 aliphatic heterocycles. The molecule has 23 heavy (non-hydrogen) atoms. The number of aromatic nitrogens is 1. The van der Waals surface area contributed by atoms with Crippen LogP contribution in [-0.4, -0.2) is 23.7 Å². The van der Waals surface area contributed by atoms with E-state index < -0.39 is 12.2 Å². The van der Waals surface area contributed by atoms with E-state index in [-0.39, 0.29) is 5.97 Å². The first-order valence-corrected chi connectivity index (χ1v) is 8.01. The van der Waals surface area contributed by atoms with Gasteiger partial charge in [0.25, 0.3) is 0 Å². The molecule has 4 heteroatoms. The van der Waals surface area contributed by atoms with Crippen molar-refractivity contribution in [1.82, 2.24) is 4.98 Å². The fourth-order valence-corrected chi connectivity index (χ4v) is 2.34. The van der Waals surface area contributed by atoms with Gasteiger partial charge in [0, 0.05) is 18.0 Å². The van der Waals surface area contributed by atoms with E-state index in [9.17, 15) is 4.79 Å². The second-order valence-corrected chi connectivity index (χ2v) is 5.93. The molecule has 1 aromatic carbocycles. The Kier molecular flexibility index (Phi) is 5.03. The maximum Gasteiger partial charge on any atom is 0.335 e. The molecule has 0 radical (unpaired) electrons. The molecule has 1 aromatic heterocycles. The molecule has 0 bridgehead atoms. The van der Waals surface area contributed by atoms with Crippen molar-refractivity contribution in [2.75, 3.05) is 6.61 Å². The molecule has 0 spiro atoms. The lowest BCUT2D eigenvalue weighted by molar-refractivity contribution is -0.160. The highest BCUT2D eigenvalue weighted by atomic mass is 16.6. The van der Waals surface area contributed by atoms with Crippen molar-refractivity contribution in [2.24, 2.45) is 5.92 Å². The third kappa shape index (κ3) is 4.39. The summed E-state index contributed by atoms with van der Waals surface area (Å²) in [6.45, 7) is 2.39. The SMILES string of the molecule is CC(OCC1CC1)C(=O)OC(c1ccccc1)c1ccncc1. The van der Waals surface area contributed by atoms with Gasteiger partial charge in [0.15, 0.2) is 12.2 Å². The molecule has 2 aromatic rings. The number of rotatable bonds is 7. The summed E-state index contributed by atoms with van der Waals surface area (Å²) in [5, 5.41) is 0. The molecule has 1 saturated carbocycles. The van der Waals surface area contributed by atoms with Crippen LogP contribution >= 0.6 is 0 Å². The Morgan fingerprint density at radius 2 is 1.78 bits per heavy atom. The largest absolute Gasteiger partial charge is 0.451 e. The van der Waals surface area contributed by atoms with Crippen LogP contribution in [0.1, 0.15) is 37.0 Å². The fraction of sp³-hybridized carbons (Fsp3) is 0.368. The van der Waals surface area contributed by atoms with Crippen LogP contribution < -0.4 is 0 Å². The van der Waals surface area contributed by atoms with Crippen LogP contribution in [0, 0.1) is 5.92 Å². The minimum absolute atomic E-state index is 0.337. The molecule has 3 rings (SSSR count). The standard InChI is InChI=1S/C19H21NO3/c1-14(22-13-15-7-8-15)19(21)23-18(16-5-3-2-4-6-16)17-9-11-20-12-10-17/h2-6,9-12,14-15,18H,7-8,13H2,1H3. The van der Waals surface area contributed by atoms with Gasteiger partial charge >= 0.3 is 5.97 Å². The number of pyridine rings is 1. The van der Waals surface area contributed by atoms with Crippen molar-refractivity contribution >= 4 is 5.97 Å². The summed E-state index contributed by atoms with van der Waals surface area (Å²) < 4.78 is 11.4. The molecular formula is C19H21NO3. The number of benzene rings is 1. The molecule has 120 valence electrons. The Hall–Kier alpha value is -2.20. The number of esters is 1. The highest BCUT2D eigenvalue weighted by Gasteiger charge is 2.26. The Labute approximate surface area is 136 Å². The topological polar surface area (TPSA) is 48.4 Å². The van der Waals surface area contributed by atoms with Crippen LogP contribution in [0.5, 0.6) is 0 Å². The van der Waals surface area contributed by atoms with Crippen LogP contribution in [-0.2, 0) is 14.3 Å². The number of carbonyl (C=O) groups is 1. The first-order valence-electron chi connectivity index (χ1n) is 8.01. The molecule has 1 aliphatic rings. The zero-order valence-corrected chi connectivity index (χ0v) is 13.2. The molecule has 0 N–H and O–H groups in total. The molecule has 0 amide bonds. The van der Waals surface area contributed by atoms with Crippen LogP contribution in [0.15, 0.2) is 54.9 Å². The first kappa shape index (κ1) is 15.7. The van der Waals surface area contributed by atoms with Gasteiger partial charge in [-0.25, -0.2) is 4.79 Å². The van der Waals surface area contributed by atoms with Gasteiger partial charge in [-0.15, -0.1) is 0 Å². The van der Waals surface area contributed by atoms with Crippen LogP contribution in [0.4, 0.5) is 0 Å². The van der Waals surface area contributed by atoms with Crippen molar-refractivity contribution in [3.05, 3.63) is 66.0 Å². The van der Waals surface area contributed by atoms with Gasteiger partial charge in [-0.3, -0.25) is 4.98 Å². The zero-order valence-electron chi connectivity index (χ0n) is 13.2. The highest BCUT2D eigenvalue weighted by molar-refractivity contribution is 5.74. The smallest absolute Gasteiger partial charge is 0.335 e. The Morgan fingerprint density at radius 3 is 2.43 bits per heavy atom. The molecule has 1 aliphatic carbocycles. The lowest BCUT2D eigenvalue weighted by Gasteiger charge is -2.21. The molecule has 2 unspecified atom stereocenters. The van der Waals surface area contributed by atoms with E-state index in [2.05, 4.69) is 4.98 Å². The summed E-state index contributed by atoms with van der Waals surface area (Å²) in [6, 6.07) is 13.4. The molecule has 4 nitrogen and oxygen atoms in total. The van der Waals surface area contributed by atoms with Crippen molar-refractivity contribution in [3.8, 4) is 0 Å². The summed E-state index contributed by atoms with van der Waals surface area (Å²) in [5.41, 5.74) is 1.83. The molecule has 2 atom stereocenters. The van der Waals surface area contributed by atoms with Gasteiger partial charge in [-0.1, -0.05) is 30.3 Å². The summed E-state index contributed by atoms with van der Waals surface area (Å²) in [5.74, 6) is 0.284. The molecular weight excluding hydrogens is 290 g/mol. The average molecular weight is 311 g/mol. The Balaban J connectivity index is 1.71. The minimum atomic E-state index is -0.552. The van der Waals surface area contributed by atoms with Crippen molar-refractivity contribution < 1.29 is 14.3 Å². The van der Waals surface area contributed by atoms with E-state index in [1.807, 2.05) is 42.5 Å². The van der Waals surface area contributed by atoms with E-state index in [1.165, 1.54) is 12.8 Å². The molecule has 0 saturated heterocycles. The second kappa shape index (κ2) is 7.38. The first-order chi connectivity index (χ1) is 11.2. The maximum atomic E-state index is 12.4. The monoisotopic (exact) mass is 311 g/mol. The van der Waals surface area contributed by atoms with Crippen LogP contribution in [0.25, 0.3) is 0 Å². The van der Waals surface area contributed by atoms with Crippen LogP contribution in [0.3, 0.4) is 0 Å². The van der Waals surface area contributed by atoms with E-state index >= 15 is 0 Å². The van der Waals surface area contributed by atoms with Gasteiger partial charge in [-0.2, -0.15) is 0 Å². The summed E-state index contributed by atoms with van der Waals surface area (Å²) in [4.78, 5) is 16.4. The van der Waals surface area contributed by atoms with E-state index in [0.29, 0.717) is 12.5 Å². The van der Waals surface area contributed by atoms with Gasteiger partial charge < -0.3 is 9.47 Å². The predicted molar refractivity (Wildman–Crippen MR) is 86.8 cm³/mol. The minimum Gasteiger partial charge on any atom is -0.451 e. The summed E-state index contributed by atoms with van der Waals surface area (Å²) in [6.07, 6.45) is 4.80. The lowest BCUT2D eigenvalue weighted by atomic mass is 10.0. The summed E-state index contributed by atoms with van der Waals surface area (Å²) in [7, 11) is 0. The lowest BCUT2D eigenvalue weighted by Crippen LogP contribution is -2.26. The van der Waals surface area contributed by atoms with Gasteiger partial charge in [0.1, 0.15) is 0 Å². The summed E-state index contributed by atoms with van der Waals surface area (Å²) >= 11 is 0. The number of hydrogen-bond donors (Lipinski definition) is 0. The predicted octanol–water partition coefficient (Wildman–Crippen LogP) is 3.53. The Bertz CT molecular complexity index is 586. The maximum absolute atomic E-state index is 12.4. The fourth-order valence-electron chi connectivity index (χ4n) is 2.34. The highest BCUT2D eigenvalue weighted by Crippen LogP contribution is 2.30. The van der Waals surface area contributed by atoms with Crippen molar-refractivity contribution in [1.29, 1.82) is 0 Å². The number of hydrogen-bond acceptors (Lipinski definition) is 4. The normalized spacial score (nSPS) is 16.6. The number of carbonyl (C=O) groups excluding carboxylic acids is 1. The van der Waals surface area contributed by atoms with E-state index in [0.717, 1.165) is 11.1 Å². The third-order valence-corrected chi connectivity index (χ3v) is 3.96. The second-order valence-electron chi connectivity index (χ2n) is 5.93. The Morgan fingerprint density at radius 1 is 1.13 bits per heavy atom. The number of ether oxygens (including phenoxy) is 2. The number of nitrogens with zero attached hydrogens (tertiary/aromatic N) is 1. The molecule has 1 heterocycles. The van der Waals surface area contributed by atoms with E-state index in [4.69, 9.17) is 9.47 Å². The van der Waals surface area contributed by atoms with Gasteiger partial charge in [0.2, 0.25) is 0 Å². The van der Waals surface area contributed by atoms with Gasteiger partial charge in [0.05, 0.1) is 6.61 Å². The zero-order chi connectivity index (χ0) is 16.1. The van der Waals surface area contributed by atoms with Crippen LogP contribution in [0.2, 0.25) is 0 Å². The quantitative estimate of drug-likeness (QED) is 0.734. The van der Waals surface area contributed by atoms with Crippen molar-refractivity contribution in [3.63, 3.8) is 0 Å². The third-order valence-electron chi connectivity index (χ3n) is 3.96. The van der Waals surface area contributed by atoms with Gasteiger partial charge in [-0.05, 0) is 43.4 Å².